The number of benzene rings is 1. The second-order valence-electron chi connectivity index (χ2n) is 7.10. The van der Waals surface area contributed by atoms with Crippen molar-refractivity contribution in [2.75, 3.05) is 6.61 Å². The van der Waals surface area contributed by atoms with Gasteiger partial charge in [0.2, 0.25) is 0 Å². The van der Waals surface area contributed by atoms with Gasteiger partial charge in [-0.05, 0) is 65.2 Å². The molecule has 1 aliphatic heterocycles. The number of hydrogen-bond donors (Lipinski definition) is 0. The van der Waals surface area contributed by atoms with Gasteiger partial charge in [0.05, 0.1) is 28.0 Å². The minimum atomic E-state index is -0.516. The Morgan fingerprint density at radius 1 is 1.08 bits per heavy atom. The Labute approximate surface area is 153 Å². The molecule has 138 valence electrons. The molecule has 6 nitrogen and oxygen atoms in total. The number of rotatable bonds is 3. The van der Waals surface area contributed by atoms with Gasteiger partial charge in [-0.1, -0.05) is 0 Å². The first-order chi connectivity index (χ1) is 12.4. The molecular formula is C20H25N3O3. The number of carbonyl (C=O) groups is 2. The number of esters is 1. The lowest BCUT2D eigenvalue weighted by molar-refractivity contribution is -0.140. The van der Waals surface area contributed by atoms with E-state index >= 15 is 0 Å². The van der Waals surface area contributed by atoms with Crippen LogP contribution in [0.15, 0.2) is 18.2 Å². The summed E-state index contributed by atoms with van der Waals surface area (Å²) in [7, 11) is 0. The first-order valence-electron chi connectivity index (χ1n) is 9.10. The second kappa shape index (κ2) is 7.40. The molecule has 2 heterocycles. The van der Waals surface area contributed by atoms with Crippen molar-refractivity contribution in [1.29, 1.82) is 0 Å². The molecule has 2 atom stereocenters. The Morgan fingerprint density at radius 3 is 2.35 bits per heavy atom. The maximum atomic E-state index is 12.5. The lowest BCUT2D eigenvalue weighted by atomic mass is 9.97. The van der Waals surface area contributed by atoms with E-state index in [0.29, 0.717) is 11.1 Å². The number of nitrogens with zero attached hydrogens (tertiary/aromatic N) is 3. The Morgan fingerprint density at radius 2 is 1.69 bits per heavy atom. The highest BCUT2D eigenvalue weighted by Gasteiger charge is 2.29. The zero-order chi connectivity index (χ0) is 18.8. The second-order valence-corrected chi connectivity index (χ2v) is 7.10. The topological polar surface area (TPSA) is 72.4 Å². The Balaban J connectivity index is 1.69. The van der Waals surface area contributed by atoms with E-state index in [0.717, 1.165) is 36.2 Å². The highest BCUT2D eigenvalue weighted by Crippen LogP contribution is 2.22. The summed E-state index contributed by atoms with van der Waals surface area (Å²) in [5, 5.41) is 0. The van der Waals surface area contributed by atoms with Crippen molar-refractivity contribution in [3.05, 3.63) is 35.2 Å². The van der Waals surface area contributed by atoms with Gasteiger partial charge in [0.25, 0.3) is 5.91 Å². The number of fused-ring (bicyclic) bond motifs is 1. The fourth-order valence-corrected chi connectivity index (χ4v) is 3.56. The molecule has 0 saturated carbocycles. The smallest absolute Gasteiger partial charge is 0.338 e. The minimum Gasteiger partial charge on any atom is -0.452 e. The van der Waals surface area contributed by atoms with Gasteiger partial charge >= 0.3 is 5.97 Å². The van der Waals surface area contributed by atoms with Crippen molar-refractivity contribution >= 4 is 22.9 Å². The van der Waals surface area contributed by atoms with Gasteiger partial charge in [0.15, 0.2) is 6.61 Å². The van der Waals surface area contributed by atoms with E-state index in [1.807, 2.05) is 32.6 Å². The molecule has 1 fully saturated rings. The van der Waals surface area contributed by atoms with E-state index in [2.05, 4.69) is 9.97 Å². The van der Waals surface area contributed by atoms with Crippen molar-refractivity contribution < 1.29 is 14.3 Å². The third kappa shape index (κ3) is 3.69. The number of hydrogen-bond acceptors (Lipinski definition) is 5. The van der Waals surface area contributed by atoms with Gasteiger partial charge in [-0.2, -0.15) is 0 Å². The molecule has 0 unspecified atom stereocenters. The van der Waals surface area contributed by atoms with Crippen LogP contribution in [0.5, 0.6) is 0 Å². The summed E-state index contributed by atoms with van der Waals surface area (Å²) in [6, 6.07) is 5.44. The number of carbonyl (C=O) groups excluding carboxylic acids is 2. The van der Waals surface area contributed by atoms with E-state index < -0.39 is 5.97 Å². The molecule has 1 amide bonds. The van der Waals surface area contributed by atoms with Crippen molar-refractivity contribution in [2.45, 2.75) is 59.0 Å². The summed E-state index contributed by atoms with van der Waals surface area (Å²) in [4.78, 5) is 35.6. The quantitative estimate of drug-likeness (QED) is 0.791. The summed E-state index contributed by atoms with van der Waals surface area (Å²) in [6.07, 6.45) is 3.11. The molecule has 1 aromatic heterocycles. The molecule has 2 aromatic rings. The maximum absolute atomic E-state index is 12.5. The minimum absolute atomic E-state index is 0.134. The zero-order valence-corrected chi connectivity index (χ0v) is 15.8. The van der Waals surface area contributed by atoms with E-state index in [1.165, 1.54) is 0 Å². The van der Waals surface area contributed by atoms with E-state index in [9.17, 15) is 9.59 Å². The molecule has 1 aromatic carbocycles. The van der Waals surface area contributed by atoms with Crippen LogP contribution in [0.4, 0.5) is 0 Å². The number of amides is 1. The first kappa shape index (κ1) is 18.3. The summed E-state index contributed by atoms with van der Waals surface area (Å²) in [5.41, 5.74) is 3.45. The third-order valence-corrected chi connectivity index (χ3v) is 5.12. The molecule has 0 N–H and O–H groups in total. The summed E-state index contributed by atoms with van der Waals surface area (Å²) in [6.45, 7) is 7.64. The molecule has 0 bridgehead atoms. The molecule has 6 heteroatoms. The van der Waals surface area contributed by atoms with Gasteiger partial charge in [-0.25, -0.2) is 14.8 Å². The van der Waals surface area contributed by atoms with E-state index in [-0.39, 0.29) is 24.6 Å². The SMILES string of the molecule is Cc1nc2ccc(C(=O)OCC(=O)N3[C@@H](C)CCC[C@@H]3C)cc2nc1C. The lowest BCUT2D eigenvalue weighted by Gasteiger charge is -2.38. The summed E-state index contributed by atoms with van der Waals surface area (Å²) >= 11 is 0. The summed E-state index contributed by atoms with van der Waals surface area (Å²) < 4.78 is 5.26. The lowest BCUT2D eigenvalue weighted by Crippen LogP contribution is -2.49. The van der Waals surface area contributed by atoms with Gasteiger partial charge in [-0.15, -0.1) is 0 Å². The number of aromatic nitrogens is 2. The largest absolute Gasteiger partial charge is 0.452 e. The molecule has 0 aliphatic carbocycles. The first-order valence-corrected chi connectivity index (χ1v) is 9.10. The number of likely N-dealkylation sites (tertiary alicyclic amines) is 1. The molecule has 3 rings (SSSR count). The van der Waals surface area contributed by atoms with Crippen molar-refractivity contribution in [3.63, 3.8) is 0 Å². The summed E-state index contributed by atoms with van der Waals surface area (Å²) in [5.74, 6) is -0.650. The van der Waals surface area contributed by atoms with Gasteiger partial charge < -0.3 is 9.64 Å². The van der Waals surface area contributed by atoms with Crippen LogP contribution in [-0.4, -0.2) is 45.4 Å². The highest BCUT2D eigenvalue weighted by molar-refractivity contribution is 5.94. The number of piperidine rings is 1. The molecule has 0 radical (unpaired) electrons. The average Bonchev–Trinajstić information content (AvgIpc) is 2.60. The van der Waals surface area contributed by atoms with Crippen LogP contribution in [-0.2, 0) is 9.53 Å². The monoisotopic (exact) mass is 355 g/mol. The Kier molecular flexibility index (Phi) is 5.20. The van der Waals surface area contributed by atoms with Crippen molar-refractivity contribution in [1.82, 2.24) is 14.9 Å². The van der Waals surface area contributed by atoms with Crippen LogP contribution in [0.25, 0.3) is 11.0 Å². The fourth-order valence-electron chi connectivity index (χ4n) is 3.56. The molecule has 1 saturated heterocycles. The average molecular weight is 355 g/mol. The molecule has 0 spiro atoms. The van der Waals surface area contributed by atoms with Crippen LogP contribution in [0.1, 0.15) is 54.9 Å². The Hall–Kier alpha value is -2.50. The molecule has 26 heavy (non-hydrogen) atoms. The van der Waals surface area contributed by atoms with Crippen molar-refractivity contribution in [2.24, 2.45) is 0 Å². The van der Waals surface area contributed by atoms with Crippen molar-refractivity contribution in [3.8, 4) is 0 Å². The number of ether oxygens (including phenoxy) is 1. The fraction of sp³-hybridized carbons (Fsp3) is 0.500. The standard InChI is InChI=1S/C20H25N3O3/c1-12-6-5-7-13(2)23(12)19(24)11-26-20(25)16-8-9-17-18(10-16)22-15(4)14(3)21-17/h8-10,12-13H,5-7,11H2,1-4H3/t12-,13-/m0/s1. The zero-order valence-electron chi connectivity index (χ0n) is 15.8. The predicted octanol–water partition coefficient (Wildman–Crippen LogP) is 3.19. The maximum Gasteiger partial charge on any atom is 0.338 e. The van der Waals surface area contributed by atoms with E-state index in [1.54, 1.807) is 18.2 Å². The van der Waals surface area contributed by atoms with Gasteiger partial charge in [0, 0.05) is 12.1 Å². The number of aryl methyl sites for hydroxylation is 2. The van der Waals surface area contributed by atoms with E-state index in [4.69, 9.17) is 4.74 Å². The molecular weight excluding hydrogens is 330 g/mol. The normalized spacial score (nSPS) is 20.2. The van der Waals surface area contributed by atoms with Crippen LogP contribution in [0.3, 0.4) is 0 Å². The van der Waals surface area contributed by atoms with Crippen LogP contribution in [0, 0.1) is 13.8 Å². The van der Waals surface area contributed by atoms with Crippen LogP contribution < -0.4 is 0 Å². The van der Waals surface area contributed by atoms with Gasteiger partial charge in [-0.3, -0.25) is 4.79 Å². The third-order valence-electron chi connectivity index (χ3n) is 5.12. The predicted molar refractivity (Wildman–Crippen MR) is 98.9 cm³/mol. The van der Waals surface area contributed by atoms with Crippen LogP contribution in [0.2, 0.25) is 0 Å². The van der Waals surface area contributed by atoms with Gasteiger partial charge in [0.1, 0.15) is 0 Å². The Bertz CT molecular complexity index is 840. The highest BCUT2D eigenvalue weighted by atomic mass is 16.5. The van der Waals surface area contributed by atoms with Crippen LogP contribution >= 0.6 is 0 Å². The molecule has 1 aliphatic rings.